The molecule has 1 unspecified atom stereocenters. The first-order valence-corrected chi connectivity index (χ1v) is 19.3. The molecule has 8 heteroatoms. The fourth-order valence-electron chi connectivity index (χ4n) is 7.66. The Morgan fingerprint density at radius 1 is 0.816 bits per heavy atom. The Hall–Kier alpha value is -2.94. The van der Waals surface area contributed by atoms with E-state index in [4.69, 9.17) is 14.3 Å². The summed E-state index contributed by atoms with van der Waals surface area (Å²) in [4.78, 5) is 33.5. The zero-order valence-electron chi connectivity index (χ0n) is 30.3. The van der Waals surface area contributed by atoms with Gasteiger partial charge in [-0.2, -0.15) is 0 Å². The lowest BCUT2D eigenvalue weighted by Crippen LogP contribution is -2.45. The first-order chi connectivity index (χ1) is 23.8. The topological polar surface area (TPSA) is 89.1 Å². The largest absolute Gasteiger partial charge is 0.461 e. The molecule has 1 amide bonds. The third-order valence-electron chi connectivity index (χ3n) is 10.7. The number of rotatable bonds is 17. The number of benzene rings is 2. The zero-order valence-corrected chi connectivity index (χ0v) is 30.3. The van der Waals surface area contributed by atoms with Gasteiger partial charge in [-0.05, 0) is 131 Å². The molecule has 2 aromatic rings. The average Bonchev–Trinajstić information content (AvgIpc) is 3.64. The molecule has 3 fully saturated rings. The van der Waals surface area contributed by atoms with Crippen molar-refractivity contribution in [3.8, 4) is 0 Å². The molecule has 0 radical (unpaired) electrons. The van der Waals surface area contributed by atoms with E-state index < -0.39 is 6.29 Å². The molecule has 0 spiro atoms. The minimum Gasteiger partial charge on any atom is -0.461 e. The standard InChI is InChI=1S/C41H61N3O5/c1-30(2)29-47-31(3)49-43-40(45)36-20-22-37(23-21-36)44-26-24-33(25-27-44)11-9-10-32-16-18-34(19-17-32)28-42-39(35-12-5-4-6-13-35)41(46)48-38-14-7-8-15-38/h16-23,30-31,33,35,38-39,42H,4-15,24-29H2,1-3H3,(H,43,45)/t31?,39-/m0/s1. The molecule has 1 saturated heterocycles. The maximum Gasteiger partial charge on any atom is 0.323 e. The molecular weight excluding hydrogens is 614 g/mol. The summed E-state index contributed by atoms with van der Waals surface area (Å²) in [5, 5.41) is 3.62. The van der Waals surface area contributed by atoms with Crippen molar-refractivity contribution in [2.24, 2.45) is 17.8 Å². The van der Waals surface area contributed by atoms with Crippen molar-refractivity contribution in [3.05, 3.63) is 65.2 Å². The number of hydrogen-bond donors (Lipinski definition) is 2. The van der Waals surface area contributed by atoms with Gasteiger partial charge in [0.1, 0.15) is 12.1 Å². The summed E-state index contributed by atoms with van der Waals surface area (Å²) in [6.45, 7) is 9.29. The van der Waals surface area contributed by atoms with Crippen molar-refractivity contribution in [1.82, 2.24) is 10.8 Å². The van der Waals surface area contributed by atoms with Crippen molar-refractivity contribution in [2.45, 2.75) is 136 Å². The first-order valence-electron chi connectivity index (χ1n) is 19.3. The lowest BCUT2D eigenvalue weighted by molar-refractivity contribution is -0.163. The molecule has 5 rings (SSSR count). The molecule has 0 aromatic heterocycles. The molecular formula is C41H61N3O5. The molecule has 2 saturated carbocycles. The van der Waals surface area contributed by atoms with Gasteiger partial charge in [-0.15, -0.1) is 0 Å². The smallest absolute Gasteiger partial charge is 0.323 e. The quantitative estimate of drug-likeness (QED) is 0.0995. The van der Waals surface area contributed by atoms with Crippen LogP contribution in [0.4, 0.5) is 5.69 Å². The minimum absolute atomic E-state index is 0.0247. The van der Waals surface area contributed by atoms with Gasteiger partial charge in [0.25, 0.3) is 5.91 Å². The number of aryl methyl sites for hydroxylation is 1. The van der Waals surface area contributed by atoms with Crippen molar-refractivity contribution in [1.29, 1.82) is 0 Å². The third-order valence-corrected chi connectivity index (χ3v) is 10.7. The number of nitrogens with one attached hydrogen (secondary N) is 2. The van der Waals surface area contributed by atoms with Gasteiger partial charge in [0.2, 0.25) is 0 Å². The molecule has 2 N–H and O–H groups in total. The van der Waals surface area contributed by atoms with Crippen molar-refractivity contribution >= 4 is 17.6 Å². The van der Waals surface area contributed by atoms with Gasteiger partial charge in [-0.25, -0.2) is 10.3 Å². The van der Waals surface area contributed by atoms with Crippen LogP contribution in [0.5, 0.6) is 0 Å². The average molecular weight is 676 g/mol. The number of piperidine rings is 1. The fraction of sp³-hybridized carbons (Fsp3) is 0.659. The molecule has 1 heterocycles. The van der Waals surface area contributed by atoms with Crippen LogP contribution in [-0.2, 0) is 32.1 Å². The number of amides is 1. The van der Waals surface area contributed by atoms with Crippen LogP contribution < -0.4 is 15.7 Å². The van der Waals surface area contributed by atoms with Crippen LogP contribution in [-0.4, -0.2) is 50.0 Å². The van der Waals surface area contributed by atoms with E-state index in [1.54, 1.807) is 6.92 Å². The molecule has 270 valence electrons. The highest BCUT2D eigenvalue weighted by molar-refractivity contribution is 5.93. The summed E-state index contributed by atoms with van der Waals surface area (Å²) in [5.41, 5.74) is 6.85. The number of hydroxylamine groups is 1. The summed E-state index contributed by atoms with van der Waals surface area (Å²) in [6, 6.07) is 16.6. The Labute approximate surface area is 295 Å². The molecule has 0 bridgehead atoms. The lowest BCUT2D eigenvalue weighted by Gasteiger charge is -2.33. The highest BCUT2D eigenvalue weighted by Crippen LogP contribution is 2.30. The van der Waals surface area contributed by atoms with Crippen LogP contribution in [0, 0.1) is 17.8 Å². The Bertz CT molecular complexity index is 1260. The maximum atomic E-state index is 13.2. The highest BCUT2D eigenvalue weighted by Gasteiger charge is 2.32. The van der Waals surface area contributed by atoms with Crippen LogP contribution in [0.15, 0.2) is 48.5 Å². The summed E-state index contributed by atoms with van der Waals surface area (Å²) < 4.78 is 11.5. The molecule has 1 aliphatic heterocycles. The first kappa shape index (κ1) is 37.3. The van der Waals surface area contributed by atoms with Crippen LogP contribution >= 0.6 is 0 Å². The van der Waals surface area contributed by atoms with Crippen molar-refractivity contribution in [3.63, 3.8) is 0 Å². The number of nitrogens with zero attached hydrogens (tertiary/aromatic N) is 1. The predicted molar refractivity (Wildman–Crippen MR) is 195 cm³/mol. The van der Waals surface area contributed by atoms with Gasteiger partial charge in [-0.1, -0.05) is 57.4 Å². The summed E-state index contributed by atoms with van der Waals surface area (Å²) in [5.74, 6) is 1.25. The molecule has 8 nitrogen and oxygen atoms in total. The number of hydrogen-bond acceptors (Lipinski definition) is 7. The zero-order chi connectivity index (χ0) is 34.4. The van der Waals surface area contributed by atoms with Crippen LogP contribution in [0.1, 0.15) is 126 Å². The second-order valence-electron chi connectivity index (χ2n) is 15.1. The molecule has 2 aliphatic carbocycles. The van der Waals surface area contributed by atoms with Crippen LogP contribution in [0.25, 0.3) is 0 Å². The van der Waals surface area contributed by atoms with Crippen LogP contribution in [0.2, 0.25) is 0 Å². The highest BCUT2D eigenvalue weighted by atomic mass is 16.8. The second-order valence-corrected chi connectivity index (χ2v) is 15.1. The van der Waals surface area contributed by atoms with E-state index in [1.807, 2.05) is 24.3 Å². The molecule has 3 aliphatic rings. The second kappa shape index (κ2) is 19.5. The molecule has 49 heavy (non-hydrogen) atoms. The normalized spacial score (nSPS) is 19.2. The Morgan fingerprint density at radius 3 is 2.14 bits per heavy atom. The van der Waals surface area contributed by atoms with E-state index in [-0.39, 0.29) is 24.0 Å². The minimum atomic E-state index is -0.496. The summed E-state index contributed by atoms with van der Waals surface area (Å²) in [6.07, 6.45) is 15.9. The lowest BCUT2D eigenvalue weighted by atomic mass is 9.83. The van der Waals surface area contributed by atoms with Crippen molar-refractivity contribution < 1.29 is 23.9 Å². The maximum absolute atomic E-state index is 13.2. The van der Waals surface area contributed by atoms with Gasteiger partial charge in [0.05, 0.1) is 6.61 Å². The Kier molecular flexibility index (Phi) is 14.8. The Morgan fingerprint density at radius 2 is 1.47 bits per heavy atom. The van der Waals surface area contributed by atoms with E-state index in [2.05, 4.69) is 53.8 Å². The SMILES string of the molecule is CC(C)COC(C)ONC(=O)c1ccc(N2CCC(CCCc3ccc(CN[C@H](C(=O)OC4CCCC4)C4CCCCC4)cc3)CC2)cc1. The monoisotopic (exact) mass is 675 g/mol. The number of esters is 1. The molecule has 2 aromatic carbocycles. The van der Waals surface area contributed by atoms with Crippen LogP contribution in [0.3, 0.4) is 0 Å². The van der Waals surface area contributed by atoms with Gasteiger partial charge in [0, 0.05) is 30.9 Å². The van der Waals surface area contributed by atoms with Gasteiger partial charge in [0.15, 0.2) is 6.29 Å². The number of ether oxygens (including phenoxy) is 2. The predicted octanol–water partition coefficient (Wildman–Crippen LogP) is 8.13. The third kappa shape index (κ3) is 12.1. The number of carbonyl (C=O) groups excluding carboxylic acids is 2. The fourth-order valence-corrected chi connectivity index (χ4v) is 7.66. The van der Waals surface area contributed by atoms with E-state index in [0.29, 0.717) is 30.6 Å². The molecule has 2 atom stereocenters. The number of carbonyl (C=O) groups is 2. The van der Waals surface area contributed by atoms with Gasteiger partial charge < -0.3 is 19.7 Å². The summed E-state index contributed by atoms with van der Waals surface area (Å²) in [7, 11) is 0. The number of anilines is 1. The Balaban J connectivity index is 0.988. The van der Waals surface area contributed by atoms with E-state index in [0.717, 1.165) is 56.8 Å². The van der Waals surface area contributed by atoms with Gasteiger partial charge >= 0.3 is 5.97 Å². The van der Waals surface area contributed by atoms with Gasteiger partial charge in [-0.3, -0.25) is 9.59 Å². The van der Waals surface area contributed by atoms with E-state index in [9.17, 15) is 9.59 Å². The van der Waals surface area contributed by atoms with E-state index >= 15 is 0 Å². The van der Waals surface area contributed by atoms with E-state index in [1.165, 1.54) is 68.9 Å². The summed E-state index contributed by atoms with van der Waals surface area (Å²) >= 11 is 0. The van der Waals surface area contributed by atoms with Crippen molar-refractivity contribution in [2.75, 3.05) is 24.6 Å².